The number of pyridine rings is 6. The zero-order valence-electron chi connectivity index (χ0n) is 27.2. The predicted molar refractivity (Wildman–Crippen MR) is 188 cm³/mol. The molecule has 8 heterocycles. The Balaban J connectivity index is 0.000000164. The van der Waals surface area contributed by atoms with Crippen molar-refractivity contribution in [1.29, 1.82) is 5.26 Å². The van der Waals surface area contributed by atoms with E-state index in [0.717, 1.165) is 22.3 Å². The monoisotopic (exact) mass is 706 g/mol. The summed E-state index contributed by atoms with van der Waals surface area (Å²) in [5.41, 5.74) is 12.2. The molecule has 15 heteroatoms. The van der Waals surface area contributed by atoms with E-state index in [4.69, 9.17) is 10.8 Å². The van der Waals surface area contributed by atoms with Crippen molar-refractivity contribution < 1.29 is 23.5 Å². The fourth-order valence-corrected chi connectivity index (χ4v) is 5.59. The lowest BCUT2D eigenvalue weighted by molar-refractivity contribution is 0.0696. The molecule has 53 heavy (non-hydrogen) atoms. The van der Waals surface area contributed by atoms with Crippen LogP contribution in [0.2, 0.25) is 0 Å². The van der Waals surface area contributed by atoms with Crippen LogP contribution in [0, 0.1) is 11.3 Å². The molecule has 8 aromatic rings. The van der Waals surface area contributed by atoms with Gasteiger partial charge in [-0.1, -0.05) is 18.2 Å². The molecule has 0 atom stereocenters. The van der Waals surface area contributed by atoms with Crippen molar-refractivity contribution in [2.75, 3.05) is 0 Å². The molecule has 8 rings (SSSR count). The summed E-state index contributed by atoms with van der Waals surface area (Å²) in [6.45, 7) is 0. The van der Waals surface area contributed by atoms with Crippen molar-refractivity contribution >= 4 is 23.2 Å². The molecule has 0 bridgehead atoms. The Kier molecular flexibility index (Phi) is 9.07. The van der Waals surface area contributed by atoms with Crippen LogP contribution in [0.5, 0.6) is 0 Å². The van der Waals surface area contributed by atoms with Crippen molar-refractivity contribution in [1.82, 2.24) is 38.7 Å². The molecular weight excluding hydrogens is 682 g/mol. The summed E-state index contributed by atoms with van der Waals surface area (Å²) in [6, 6.07) is 24.2. The molecule has 0 saturated heterocycles. The lowest BCUT2D eigenvalue weighted by atomic mass is 10.0. The quantitative estimate of drug-likeness (QED) is 0.184. The van der Waals surface area contributed by atoms with Crippen LogP contribution < -0.4 is 5.73 Å². The van der Waals surface area contributed by atoms with Gasteiger partial charge in [0.25, 0.3) is 12.3 Å². The number of carbonyl (C=O) groups is 2. The number of hydrogen-bond acceptors (Lipinski definition) is 9. The third-order valence-electron chi connectivity index (χ3n) is 8.11. The van der Waals surface area contributed by atoms with Gasteiger partial charge < -0.3 is 10.8 Å². The molecule has 0 aromatic carbocycles. The topological polar surface area (TPSA) is 190 Å². The van der Waals surface area contributed by atoms with Gasteiger partial charge in [-0.15, -0.1) is 0 Å². The molecule has 0 saturated carbocycles. The molecule has 0 aliphatic heterocycles. The predicted octanol–water partition coefficient (Wildman–Crippen LogP) is 6.52. The first kappa shape index (κ1) is 33.8. The first-order valence-electron chi connectivity index (χ1n) is 15.7. The molecule has 3 N–H and O–H groups in total. The van der Waals surface area contributed by atoms with E-state index in [1.165, 1.54) is 36.8 Å². The Morgan fingerprint density at radius 2 is 1.36 bits per heavy atom. The minimum absolute atomic E-state index is 0.0992. The molecule has 1 amide bonds. The zero-order chi connectivity index (χ0) is 37.1. The lowest BCUT2D eigenvalue weighted by Crippen LogP contribution is -2.13. The number of fused-ring (bicyclic) bond motifs is 2. The van der Waals surface area contributed by atoms with Gasteiger partial charge in [-0.3, -0.25) is 28.5 Å². The number of nitriles is 1. The van der Waals surface area contributed by atoms with Gasteiger partial charge in [0, 0.05) is 53.2 Å². The Hall–Kier alpha value is -7.73. The van der Waals surface area contributed by atoms with Gasteiger partial charge >= 0.3 is 5.97 Å². The van der Waals surface area contributed by atoms with E-state index in [0.29, 0.717) is 39.8 Å². The highest BCUT2D eigenvalue weighted by molar-refractivity contribution is 5.92. The van der Waals surface area contributed by atoms with E-state index < -0.39 is 18.3 Å². The zero-order valence-corrected chi connectivity index (χ0v) is 27.2. The maximum absolute atomic E-state index is 13.0. The Morgan fingerprint density at radius 1 is 0.717 bits per heavy atom. The number of carbonyl (C=O) groups excluding carboxylic acids is 1. The van der Waals surface area contributed by atoms with E-state index in [-0.39, 0.29) is 17.0 Å². The van der Waals surface area contributed by atoms with Crippen LogP contribution in [-0.2, 0) is 0 Å². The number of hydrogen-bond donors (Lipinski definition) is 2. The smallest absolute Gasteiger partial charge is 0.337 e. The van der Waals surface area contributed by atoms with Crippen LogP contribution in [0.15, 0.2) is 122 Å². The maximum atomic E-state index is 13.0. The fraction of sp³-hybridized carbons (Fsp3) is 0.0263. The number of aromatic carboxylic acids is 1. The van der Waals surface area contributed by atoms with Gasteiger partial charge in [0.15, 0.2) is 0 Å². The molecule has 0 spiro atoms. The van der Waals surface area contributed by atoms with E-state index in [1.807, 2.05) is 24.3 Å². The highest BCUT2D eigenvalue weighted by Gasteiger charge is 2.16. The molecule has 0 aliphatic carbocycles. The minimum Gasteiger partial charge on any atom is -0.478 e. The molecule has 0 aliphatic rings. The van der Waals surface area contributed by atoms with Crippen LogP contribution in [0.25, 0.3) is 56.3 Å². The fourth-order valence-electron chi connectivity index (χ4n) is 5.59. The number of carboxylic acid groups (broad SMARTS) is 1. The maximum Gasteiger partial charge on any atom is 0.337 e. The number of nitrogens with zero attached hydrogens (tertiary/aromatic N) is 9. The highest BCUT2D eigenvalue weighted by atomic mass is 19.3. The minimum atomic E-state index is -2.65. The molecule has 13 nitrogen and oxygen atoms in total. The average molecular weight is 707 g/mol. The first-order chi connectivity index (χ1) is 25.7. The number of nitrogens with two attached hydrogens (primary N) is 1. The highest BCUT2D eigenvalue weighted by Crippen LogP contribution is 2.32. The van der Waals surface area contributed by atoms with Gasteiger partial charge in [-0.25, -0.2) is 28.5 Å². The Bertz CT molecular complexity index is 2700. The summed E-state index contributed by atoms with van der Waals surface area (Å²) >= 11 is 0. The van der Waals surface area contributed by atoms with E-state index in [2.05, 4.69) is 36.0 Å². The van der Waals surface area contributed by atoms with E-state index >= 15 is 0 Å². The van der Waals surface area contributed by atoms with Crippen LogP contribution in [0.3, 0.4) is 0 Å². The molecule has 258 valence electrons. The molecule has 0 fully saturated rings. The number of amides is 1. The number of alkyl halides is 2. The average Bonchev–Trinajstić information content (AvgIpc) is 3.82. The summed E-state index contributed by atoms with van der Waals surface area (Å²) in [5.74, 6) is -1.61. The van der Waals surface area contributed by atoms with Gasteiger partial charge in [0.1, 0.15) is 34.4 Å². The number of halogens is 2. The first-order valence-corrected chi connectivity index (χ1v) is 15.7. The van der Waals surface area contributed by atoms with Gasteiger partial charge in [0.05, 0.1) is 40.7 Å². The van der Waals surface area contributed by atoms with Crippen LogP contribution >= 0.6 is 0 Å². The van der Waals surface area contributed by atoms with Crippen LogP contribution in [0.1, 0.15) is 38.7 Å². The number of aromatic nitrogens is 8. The second kappa shape index (κ2) is 14.2. The second-order valence-corrected chi connectivity index (χ2v) is 11.3. The summed E-state index contributed by atoms with van der Waals surface area (Å²) in [4.78, 5) is 47.9. The molecular formula is C38H24F2N10O3. The van der Waals surface area contributed by atoms with E-state index in [1.54, 1.807) is 70.0 Å². The van der Waals surface area contributed by atoms with Crippen molar-refractivity contribution in [3.63, 3.8) is 0 Å². The summed E-state index contributed by atoms with van der Waals surface area (Å²) in [7, 11) is 0. The largest absolute Gasteiger partial charge is 0.478 e. The standard InChI is InChI=1S/C19H11F2N5.C19H13N5O3/c20-19(21)16-5-1-4-15(25-16)18-14(3-2-8-23-18)12-6-7-17-24-10-13(9-22)26(17)11-12;20-18(25)15-9-23-16-6-4-12(10-24(15)16)13-2-1-7-21-17(13)14-5-3-11(8-22-14)19(26)27/h1-8,10-11,19H;1-10H,(H2,20,25)(H,26,27). The third kappa shape index (κ3) is 6.75. The SMILES string of the molecule is N#Cc1cnc2ccc(-c3cccnc3-c3cccc(C(F)F)n3)cn12.NC(=O)c1cnc2ccc(-c3cccnc3-c3ccc(C(=O)O)cn3)cn12. The summed E-state index contributed by atoms with van der Waals surface area (Å²) in [5, 5.41) is 18.2. The normalized spacial score (nSPS) is 10.9. The van der Waals surface area contributed by atoms with Crippen molar-refractivity contribution in [3.8, 4) is 51.1 Å². The molecule has 8 aromatic heterocycles. The Morgan fingerprint density at radius 3 is 1.96 bits per heavy atom. The summed E-state index contributed by atoms with van der Waals surface area (Å²) in [6.07, 6.45) is 8.33. The van der Waals surface area contributed by atoms with Gasteiger partial charge in [0.2, 0.25) is 0 Å². The number of carboxylic acids is 1. The Labute approximate surface area is 298 Å². The lowest BCUT2D eigenvalue weighted by Gasteiger charge is -2.10. The van der Waals surface area contributed by atoms with E-state index in [9.17, 15) is 23.6 Å². The van der Waals surface area contributed by atoms with Crippen molar-refractivity contribution in [3.05, 3.63) is 145 Å². The second-order valence-electron chi connectivity index (χ2n) is 11.3. The molecule has 0 unspecified atom stereocenters. The van der Waals surface area contributed by atoms with Crippen molar-refractivity contribution in [2.45, 2.75) is 6.43 Å². The third-order valence-corrected chi connectivity index (χ3v) is 8.11. The van der Waals surface area contributed by atoms with Crippen molar-refractivity contribution in [2.24, 2.45) is 5.73 Å². The van der Waals surface area contributed by atoms with Crippen LogP contribution in [-0.4, -0.2) is 55.7 Å². The van der Waals surface area contributed by atoms with Gasteiger partial charge in [-0.2, -0.15) is 5.26 Å². The summed E-state index contributed by atoms with van der Waals surface area (Å²) < 4.78 is 29.3. The molecule has 0 radical (unpaired) electrons. The number of rotatable bonds is 7. The van der Waals surface area contributed by atoms with Crippen LogP contribution in [0.4, 0.5) is 8.78 Å². The van der Waals surface area contributed by atoms with Gasteiger partial charge in [-0.05, 0) is 60.7 Å². The number of primary amides is 1. The number of imidazole rings is 2.